The first-order valence-corrected chi connectivity index (χ1v) is 9.48. The number of fused-ring (bicyclic) bond motifs is 1. The third-order valence-electron chi connectivity index (χ3n) is 4.45. The average Bonchev–Trinajstić information content (AvgIpc) is 2.91. The standard InChI is InChI=1S/C17H20BrNOS/c1-12-5-4-8-17(9-12,11-18)19-16(20)14-10-21-15-7-3-2-6-13(14)15/h2-3,6-7,10,12H,4-5,8-9,11H2,1H3,(H,19,20). The molecule has 1 N–H and O–H groups in total. The highest BCUT2D eigenvalue weighted by Gasteiger charge is 2.35. The van der Waals surface area contributed by atoms with Crippen LogP contribution in [0.25, 0.3) is 10.1 Å². The van der Waals surface area contributed by atoms with Gasteiger partial charge in [-0.15, -0.1) is 11.3 Å². The summed E-state index contributed by atoms with van der Waals surface area (Å²) in [5, 5.41) is 7.20. The fourth-order valence-electron chi connectivity index (χ4n) is 3.39. The first-order valence-electron chi connectivity index (χ1n) is 7.48. The first-order chi connectivity index (χ1) is 10.1. The summed E-state index contributed by atoms with van der Waals surface area (Å²) < 4.78 is 1.17. The molecule has 1 aromatic heterocycles. The molecule has 1 fully saturated rings. The Labute approximate surface area is 138 Å². The van der Waals surface area contributed by atoms with E-state index in [2.05, 4.69) is 34.2 Å². The van der Waals surface area contributed by atoms with Crippen molar-refractivity contribution in [1.82, 2.24) is 5.32 Å². The second-order valence-corrected chi connectivity index (χ2v) is 7.69. The molecule has 21 heavy (non-hydrogen) atoms. The minimum Gasteiger partial charge on any atom is -0.346 e. The van der Waals surface area contributed by atoms with Crippen molar-refractivity contribution in [3.05, 3.63) is 35.2 Å². The van der Waals surface area contributed by atoms with Gasteiger partial charge in [0.1, 0.15) is 0 Å². The number of hydrogen-bond donors (Lipinski definition) is 1. The van der Waals surface area contributed by atoms with E-state index in [9.17, 15) is 4.79 Å². The van der Waals surface area contributed by atoms with Crippen LogP contribution in [0.2, 0.25) is 0 Å². The van der Waals surface area contributed by atoms with Gasteiger partial charge in [-0.1, -0.05) is 53.9 Å². The van der Waals surface area contributed by atoms with Crippen molar-refractivity contribution >= 4 is 43.3 Å². The molecule has 0 saturated heterocycles. The topological polar surface area (TPSA) is 29.1 Å². The van der Waals surface area contributed by atoms with Crippen molar-refractivity contribution in [2.24, 2.45) is 5.92 Å². The van der Waals surface area contributed by atoms with Crippen molar-refractivity contribution in [2.75, 3.05) is 5.33 Å². The van der Waals surface area contributed by atoms with Gasteiger partial charge < -0.3 is 5.32 Å². The summed E-state index contributed by atoms with van der Waals surface area (Å²) in [5.74, 6) is 0.747. The Kier molecular flexibility index (Phi) is 4.36. The Bertz CT molecular complexity index is 653. The number of carbonyl (C=O) groups is 1. The van der Waals surface area contributed by atoms with Gasteiger partial charge in [-0.3, -0.25) is 4.79 Å². The number of alkyl halides is 1. The molecule has 1 saturated carbocycles. The lowest BCUT2D eigenvalue weighted by Crippen LogP contribution is -2.52. The molecule has 112 valence electrons. The number of amides is 1. The zero-order valence-electron chi connectivity index (χ0n) is 12.2. The number of carbonyl (C=O) groups excluding carboxylic acids is 1. The quantitative estimate of drug-likeness (QED) is 0.763. The molecule has 0 bridgehead atoms. The van der Waals surface area contributed by atoms with Crippen LogP contribution in [0.5, 0.6) is 0 Å². The highest BCUT2D eigenvalue weighted by Crippen LogP contribution is 2.34. The van der Waals surface area contributed by atoms with Gasteiger partial charge in [0.05, 0.1) is 11.1 Å². The summed E-state index contributed by atoms with van der Waals surface area (Å²) in [6.45, 7) is 2.28. The molecule has 2 nitrogen and oxygen atoms in total. The second kappa shape index (κ2) is 6.09. The van der Waals surface area contributed by atoms with E-state index in [0.29, 0.717) is 5.92 Å². The average molecular weight is 366 g/mol. The lowest BCUT2D eigenvalue weighted by Gasteiger charge is -2.39. The minimum atomic E-state index is -0.0855. The zero-order chi connectivity index (χ0) is 14.9. The monoisotopic (exact) mass is 365 g/mol. The first kappa shape index (κ1) is 15.0. The molecule has 3 rings (SSSR count). The number of halogens is 1. The summed E-state index contributed by atoms with van der Waals surface area (Å²) in [5.41, 5.74) is 0.729. The van der Waals surface area contributed by atoms with Crippen LogP contribution >= 0.6 is 27.3 Å². The molecule has 0 aliphatic heterocycles. The molecule has 1 aliphatic carbocycles. The largest absolute Gasteiger partial charge is 0.346 e. The Morgan fingerprint density at radius 2 is 2.29 bits per heavy atom. The second-order valence-electron chi connectivity index (χ2n) is 6.22. The molecule has 2 atom stereocenters. The summed E-state index contributed by atoms with van der Waals surface area (Å²) in [4.78, 5) is 12.7. The van der Waals surface area contributed by atoms with Gasteiger partial charge >= 0.3 is 0 Å². The lowest BCUT2D eigenvalue weighted by atomic mass is 9.77. The van der Waals surface area contributed by atoms with Crippen LogP contribution in [0.15, 0.2) is 29.6 Å². The fraction of sp³-hybridized carbons (Fsp3) is 0.471. The van der Waals surface area contributed by atoms with Crippen LogP contribution in [-0.2, 0) is 0 Å². The van der Waals surface area contributed by atoms with Crippen molar-refractivity contribution in [3.8, 4) is 0 Å². The highest BCUT2D eigenvalue weighted by atomic mass is 79.9. The predicted molar refractivity (Wildman–Crippen MR) is 93.4 cm³/mol. The molecule has 1 aliphatic rings. The van der Waals surface area contributed by atoms with Crippen LogP contribution in [0, 0.1) is 5.92 Å². The SMILES string of the molecule is CC1CCCC(CBr)(NC(=O)c2csc3ccccc23)C1. The van der Waals surface area contributed by atoms with E-state index >= 15 is 0 Å². The lowest BCUT2D eigenvalue weighted by molar-refractivity contribution is 0.0871. The summed E-state index contributed by atoms with van der Waals surface area (Å²) in [6, 6.07) is 8.11. The van der Waals surface area contributed by atoms with E-state index < -0.39 is 0 Å². The number of nitrogens with one attached hydrogen (secondary N) is 1. The third kappa shape index (κ3) is 3.02. The summed E-state index contributed by atoms with van der Waals surface area (Å²) >= 11 is 5.26. The summed E-state index contributed by atoms with van der Waals surface area (Å²) in [6.07, 6.45) is 4.59. The van der Waals surface area contributed by atoms with Crippen molar-refractivity contribution in [2.45, 2.75) is 38.1 Å². The maximum atomic E-state index is 12.7. The van der Waals surface area contributed by atoms with Crippen LogP contribution in [0.3, 0.4) is 0 Å². The van der Waals surface area contributed by atoms with Crippen molar-refractivity contribution in [1.29, 1.82) is 0 Å². The van der Waals surface area contributed by atoms with E-state index in [1.54, 1.807) is 11.3 Å². The highest BCUT2D eigenvalue weighted by molar-refractivity contribution is 9.09. The minimum absolute atomic E-state index is 0.0704. The molecule has 0 spiro atoms. The van der Waals surface area contributed by atoms with Crippen LogP contribution in [-0.4, -0.2) is 16.8 Å². The Balaban J connectivity index is 1.85. The van der Waals surface area contributed by atoms with Gasteiger partial charge in [0, 0.05) is 20.8 Å². The normalized spacial score (nSPS) is 25.9. The fourth-order valence-corrected chi connectivity index (χ4v) is 4.98. The van der Waals surface area contributed by atoms with E-state index in [1.807, 2.05) is 23.6 Å². The molecular formula is C17H20BrNOS. The van der Waals surface area contributed by atoms with Crippen LogP contribution in [0.4, 0.5) is 0 Å². The van der Waals surface area contributed by atoms with Gasteiger partial charge in [0.15, 0.2) is 0 Å². The van der Waals surface area contributed by atoms with Crippen LogP contribution < -0.4 is 5.32 Å². The molecule has 1 heterocycles. The van der Waals surface area contributed by atoms with E-state index in [0.717, 1.165) is 29.1 Å². The smallest absolute Gasteiger partial charge is 0.253 e. The van der Waals surface area contributed by atoms with Gasteiger partial charge in [0.25, 0.3) is 5.91 Å². The Morgan fingerprint density at radius 1 is 1.48 bits per heavy atom. The van der Waals surface area contributed by atoms with Gasteiger partial charge in [0.2, 0.25) is 0 Å². The Hall–Kier alpha value is -0.870. The van der Waals surface area contributed by atoms with Gasteiger partial charge in [-0.05, 0) is 24.8 Å². The maximum absolute atomic E-state index is 12.7. The summed E-state index contributed by atoms with van der Waals surface area (Å²) in [7, 11) is 0. The zero-order valence-corrected chi connectivity index (χ0v) is 14.6. The third-order valence-corrected chi connectivity index (χ3v) is 6.49. The number of benzene rings is 1. The molecule has 1 amide bonds. The predicted octanol–water partition coefficient (Wildman–Crippen LogP) is 4.97. The van der Waals surface area contributed by atoms with Crippen molar-refractivity contribution < 1.29 is 4.79 Å². The molecule has 0 radical (unpaired) electrons. The maximum Gasteiger partial charge on any atom is 0.253 e. The molecular weight excluding hydrogens is 346 g/mol. The number of hydrogen-bond acceptors (Lipinski definition) is 2. The van der Waals surface area contributed by atoms with E-state index in [-0.39, 0.29) is 11.4 Å². The number of thiophene rings is 1. The van der Waals surface area contributed by atoms with Gasteiger partial charge in [-0.25, -0.2) is 0 Å². The van der Waals surface area contributed by atoms with E-state index in [1.165, 1.54) is 17.5 Å². The molecule has 2 aromatic rings. The molecule has 1 aromatic carbocycles. The molecule has 2 unspecified atom stereocenters. The van der Waals surface area contributed by atoms with Crippen molar-refractivity contribution in [3.63, 3.8) is 0 Å². The van der Waals surface area contributed by atoms with E-state index in [4.69, 9.17) is 0 Å². The molecule has 4 heteroatoms. The number of rotatable bonds is 3. The van der Waals surface area contributed by atoms with Gasteiger partial charge in [-0.2, -0.15) is 0 Å². The Morgan fingerprint density at radius 3 is 3.05 bits per heavy atom. The van der Waals surface area contributed by atoms with Crippen LogP contribution in [0.1, 0.15) is 43.0 Å².